The highest BCUT2D eigenvalue weighted by Gasteiger charge is 2.22. The van der Waals surface area contributed by atoms with Gasteiger partial charge in [-0.3, -0.25) is 15.3 Å². The molecular weight excluding hydrogens is 324 g/mol. The van der Waals surface area contributed by atoms with Crippen molar-refractivity contribution >= 4 is 35.1 Å². The van der Waals surface area contributed by atoms with Crippen molar-refractivity contribution < 1.29 is 14.6 Å². The summed E-state index contributed by atoms with van der Waals surface area (Å²) in [6, 6.07) is 8.78. The molecule has 0 atom stereocenters. The van der Waals surface area contributed by atoms with Crippen LogP contribution in [0, 0.1) is 6.92 Å². The van der Waals surface area contributed by atoms with Crippen LogP contribution >= 0.6 is 11.8 Å². The Balaban J connectivity index is 2.37. The van der Waals surface area contributed by atoms with Crippen molar-refractivity contribution in [2.24, 2.45) is 5.73 Å². The monoisotopic (exact) mass is 343 g/mol. The van der Waals surface area contributed by atoms with Crippen LogP contribution in [0.5, 0.6) is 0 Å². The fraction of sp³-hybridized carbons (Fsp3) is 0.118. The Morgan fingerprint density at radius 3 is 2.67 bits per heavy atom. The molecule has 0 radical (unpaired) electrons. The Morgan fingerprint density at radius 2 is 2.04 bits per heavy atom. The van der Waals surface area contributed by atoms with E-state index in [4.69, 9.17) is 11.5 Å². The van der Waals surface area contributed by atoms with E-state index in [1.807, 2.05) is 25.1 Å². The van der Waals surface area contributed by atoms with Gasteiger partial charge in [0.15, 0.2) is 5.03 Å². The van der Waals surface area contributed by atoms with Crippen LogP contribution in [0.4, 0.5) is 11.5 Å². The third kappa shape index (κ3) is 3.94. The van der Waals surface area contributed by atoms with Gasteiger partial charge in [0.1, 0.15) is 5.56 Å². The molecule has 1 heterocycles. The second-order valence-corrected chi connectivity index (χ2v) is 6.10. The van der Waals surface area contributed by atoms with Gasteiger partial charge in [0.05, 0.1) is 5.56 Å². The number of rotatable bonds is 6. The number of nitrogens with one attached hydrogen (secondary N) is 2. The quantitative estimate of drug-likeness (QED) is 0.550. The number of carbonyl (C=O) groups excluding carboxylic acids is 2. The fourth-order valence-corrected chi connectivity index (χ4v) is 2.86. The average Bonchev–Trinajstić information content (AvgIpc) is 2.54. The molecule has 0 bridgehead atoms. The number of carbonyl (C=O) groups is 2. The molecule has 2 aromatic rings. The van der Waals surface area contributed by atoms with Crippen LogP contribution in [-0.2, 0) is 0 Å². The second-order valence-electron chi connectivity index (χ2n) is 5.07. The van der Waals surface area contributed by atoms with Gasteiger partial charge < -0.3 is 11.1 Å². The number of aryl methyl sites for hydroxylation is 1. The van der Waals surface area contributed by atoms with E-state index < -0.39 is 11.8 Å². The molecule has 0 aliphatic heterocycles. The lowest BCUT2D eigenvalue weighted by Gasteiger charge is -2.10. The van der Waals surface area contributed by atoms with Crippen molar-refractivity contribution in [3.63, 3.8) is 0 Å². The molecule has 0 fully saturated rings. The predicted octanol–water partition coefficient (Wildman–Crippen LogP) is 2.02. The zero-order chi connectivity index (χ0) is 17.7. The standard InChI is InChI=1S/C17H18N4O2S/c1-3-8-24-17-12(15(19)22)9-11(14(18)21-17)16(23)20-13-7-5-4-6-10(13)2/h3-7,9H,1,8H2,2H3,(H2,18,21)(H2,19,22)(H,20,23)/p+1. The molecule has 0 saturated heterocycles. The van der Waals surface area contributed by atoms with Crippen LogP contribution in [0.15, 0.2) is 48.0 Å². The van der Waals surface area contributed by atoms with Crippen molar-refractivity contribution in [2.75, 3.05) is 16.8 Å². The van der Waals surface area contributed by atoms with Crippen LogP contribution in [0.3, 0.4) is 0 Å². The molecule has 1 aromatic heterocycles. The molecule has 2 amide bonds. The van der Waals surface area contributed by atoms with Crippen molar-refractivity contribution in [2.45, 2.75) is 11.9 Å². The van der Waals surface area contributed by atoms with Gasteiger partial charge in [-0.25, -0.2) is 4.98 Å². The maximum Gasteiger partial charge on any atom is 0.284 e. The number of hydrogen-bond donors (Lipinski definition) is 3. The normalized spacial score (nSPS) is 10.2. The van der Waals surface area contributed by atoms with Gasteiger partial charge in [0.25, 0.3) is 17.6 Å². The van der Waals surface area contributed by atoms with E-state index in [1.165, 1.54) is 17.8 Å². The highest BCUT2D eigenvalue weighted by molar-refractivity contribution is 7.99. The first kappa shape index (κ1) is 17.6. The van der Waals surface area contributed by atoms with Gasteiger partial charge in [0.2, 0.25) is 0 Å². The highest BCUT2D eigenvalue weighted by atomic mass is 32.2. The van der Waals surface area contributed by atoms with Gasteiger partial charge in [-0.1, -0.05) is 36.0 Å². The summed E-state index contributed by atoms with van der Waals surface area (Å²) in [6.45, 7) is 5.51. The number of anilines is 2. The molecule has 0 aliphatic carbocycles. The minimum absolute atomic E-state index is 0.162. The number of primary amides is 1. The number of nitrogens with two attached hydrogens (primary N) is 2. The molecule has 1 aromatic carbocycles. The summed E-state index contributed by atoms with van der Waals surface area (Å²) in [5.74, 6) is -0.313. The molecule has 6 N–H and O–H groups in total. The summed E-state index contributed by atoms with van der Waals surface area (Å²) in [5.41, 5.74) is 13.3. The van der Waals surface area contributed by atoms with Crippen LogP contribution in [0.25, 0.3) is 0 Å². The Bertz CT molecular complexity index is 805. The summed E-state index contributed by atoms with van der Waals surface area (Å²) >= 11 is 1.33. The maximum absolute atomic E-state index is 12.5. The first-order valence-corrected chi connectivity index (χ1v) is 8.19. The zero-order valence-electron chi connectivity index (χ0n) is 13.3. The Kier molecular flexibility index (Phi) is 5.59. The molecule has 0 aliphatic rings. The van der Waals surface area contributed by atoms with Gasteiger partial charge in [-0.2, -0.15) is 0 Å². The summed E-state index contributed by atoms with van der Waals surface area (Å²) < 4.78 is 0. The number of H-pyrrole nitrogens is 1. The van der Waals surface area contributed by atoms with Gasteiger partial charge in [-0.15, -0.1) is 6.58 Å². The molecule has 6 nitrogen and oxygen atoms in total. The van der Waals surface area contributed by atoms with Crippen molar-refractivity contribution in [3.8, 4) is 0 Å². The number of aromatic nitrogens is 1. The smallest absolute Gasteiger partial charge is 0.284 e. The molecule has 0 spiro atoms. The lowest BCUT2D eigenvalue weighted by Crippen LogP contribution is -2.26. The van der Waals surface area contributed by atoms with E-state index in [9.17, 15) is 9.59 Å². The Hall–Kier alpha value is -2.80. The molecule has 24 heavy (non-hydrogen) atoms. The topological polar surface area (TPSA) is 112 Å². The second kappa shape index (κ2) is 7.65. The fourth-order valence-electron chi connectivity index (χ4n) is 2.07. The third-order valence-electron chi connectivity index (χ3n) is 3.32. The number of amides is 2. The van der Waals surface area contributed by atoms with Crippen LogP contribution < -0.4 is 21.8 Å². The van der Waals surface area contributed by atoms with Crippen LogP contribution in [-0.4, -0.2) is 17.6 Å². The largest absolute Gasteiger partial charge is 0.365 e. The zero-order valence-corrected chi connectivity index (χ0v) is 14.1. The van der Waals surface area contributed by atoms with Crippen molar-refractivity contribution in [3.05, 3.63) is 59.7 Å². The van der Waals surface area contributed by atoms with Crippen LogP contribution in [0.2, 0.25) is 0 Å². The van der Waals surface area contributed by atoms with E-state index in [0.717, 1.165) is 5.56 Å². The predicted molar refractivity (Wildman–Crippen MR) is 96.0 cm³/mol. The van der Waals surface area contributed by atoms with Crippen molar-refractivity contribution in [1.29, 1.82) is 0 Å². The van der Waals surface area contributed by atoms with E-state index in [2.05, 4.69) is 16.9 Å². The van der Waals surface area contributed by atoms with E-state index in [1.54, 1.807) is 12.1 Å². The molecule has 0 saturated carbocycles. The molecule has 0 unspecified atom stereocenters. The maximum atomic E-state index is 12.5. The first-order chi connectivity index (χ1) is 11.4. The number of thioether (sulfide) groups is 1. The lowest BCUT2D eigenvalue weighted by atomic mass is 10.1. The minimum Gasteiger partial charge on any atom is -0.365 e. The number of para-hydroxylation sites is 1. The molecule has 124 valence electrons. The molecule has 2 rings (SSSR count). The minimum atomic E-state index is -0.636. The van der Waals surface area contributed by atoms with Gasteiger partial charge in [-0.05, 0) is 24.6 Å². The summed E-state index contributed by atoms with van der Waals surface area (Å²) in [7, 11) is 0. The Morgan fingerprint density at radius 1 is 1.33 bits per heavy atom. The highest BCUT2D eigenvalue weighted by Crippen LogP contribution is 2.22. The lowest BCUT2D eigenvalue weighted by molar-refractivity contribution is -0.410. The number of pyridine rings is 1. The van der Waals surface area contributed by atoms with E-state index in [0.29, 0.717) is 16.5 Å². The number of nitrogen functional groups attached to an aromatic ring is 1. The first-order valence-electron chi connectivity index (χ1n) is 7.20. The number of aromatic amines is 1. The number of hydrogen-bond acceptors (Lipinski definition) is 4. The van der Waals surface area contributed by atoms with Gasteiger partial charge >= 0.3 is 0 Å². The summed E-state index contributed by atoms with van der Waals surface area (Å²) in [6.07, 6.45) is 1.69. The summed E-state index contributed by atoms with van der Waals surface area (Å²) in [4.78, 5) is 27.0. The number of benzene rings is 1. The van der Waals surface area contributed by atoms with Crippen molar-refractivity contribution in [1.82, 2.24) is 0 Å². The SMILES string of the molecule is C=CCSc1[nH+]c(N)c(C(=O)Nc2ccccc2C)cc1C(N)=O. The average molecular weight is 343 g/mol. The van der Waals surface area contributed by atoms with E-state index >= 15 is 0 Å². The van der Waals surface area contributed by atoms with Crippen LogP contribution in [0.1, 0.15) is 26.3 Å². The van der Waals surface area contributed by atoms with Gasteiger partial charge in [0, 0.05) is 11.4 Å². The Labute approximate surface area is 144 Å². The third-order valence-corrected chi connectivity index (χ3v) is 4.33. The van der Waals surface area contributed by atoms with E-state index in [-0.39, 0.29) is 16.9 Å². The molecule has 7 heteroatoms. The summed E-state index contributed by atoms with van der Waals surface area (Å²) in [5, 5.41) is 3.29. The molecular formula is C17H19N4O2S+.